The molecule has 0 saturated heterocycles. The van der Waals surface area contributed by atoms with E-state index in [0.717, 1.165) is 5.56 Å². The zero-order valence-electron chi connectivity index (χ0n) is 12.1. The molecule has 1 heterocycles. The highest BCUT2D eigenvalue weighted by Gasteiger charge is 2.56. The summed E-state index contributed by atoms with van der Waals surface area (Å²) in [7, 11) is 0. The molecule has 0 atom stereocenters. The van der Waals surface area contributed by atoms with Crippen molar-refractivity contribution in [3.63, 3.8) is 0 Å². The molecule has 0 aliphatic carbocycles. The quantitative estimate of drug-likeness (QED) is 0.410. The third-order valence-electron chi connectivity index (χ3n) is 3.24. The van der Waals surface area contributed by atoms with Crippen molar-refractivity contribution in [2.24, 2.45) is 9.98 Å². The van der Waals surface area contributed by atoms with Crippen molar-refractivity contribution >= 4 is 116 Å². The Labute approximate surface area is 189 Å². The largest absolute Gasteiger partial charge is 0.325 e. The number of benzene rings is 1. The maximum atomic E-state index is 6.24. The fourth-order valence-corrected chi connectivity index (χ4v) is 3.25. The standard InChI is InChI=1S/C13H8Cl9N3/c1-6-4-2-3-5-7(6)10(13(20,21)22)24-8(11(14,15)16)23-9(25-10)12(17,18)19/h2-5H,1H3,(H,23,24,25). The Balaban J connectivity index is 2.88. The smallest absolute Gasteiger partial charge is 0.247 e. The Bertz CT molecular complexity index is 695. The number of hydrogen-bond acceptors (Lipinski definition) is 3. The van der Waals surface area contributed by atoms with Crippen LogP contribution in [0.15, 0.2) is 34.3 Å². The van der Waals surface area contributed by atoms with Gasteiger partial charge in [-0.1, -0.05) is 129 Å². The lowest BCUT2D eigenvalue weighted by molar-refractivity contribution is 0.468. The number of amidine groups is 2. The van der Waals surface area contributed by atoms with Gasteiger partial charge in [-0.2, -0.15) is 0 Å². The van der Waals surface area contributed by atoms with Crippen molar-refractivity contribution in [3.05, 3.63) is 35.4 Å². The minimum absolute atomic E-state index is 0.205. The number of alkyl halides is 9. The van der Waals surface area contributed by atoms with Crippen molar-refractivity contribution in [1.29, 1.82) is 0 Å². The predicted octanol–water partition coefficient (Wildman–Crippen LogP) is 6.66. The van der Waals surface area contributed by atoms with Crippen LogP contribution >= 0.6 is 104 Å². The van der Waals surface area contributed by atoms with E-state index >= 15 is 0 Å². The molecule has 0 spiro atoms. The van der Waals surface area contributed by atoms with Gasteiger partial charge in [-0.3, -0.25) is 0 Å². The van der Waals surface area contributed by atoms with Gasteiger partial charge in [-0.05, 0) is 12.5 Å². The Kier molecular flexibility index (Phi) is 6.61. The molecule has 3 nitrogen and oxygen atoms in total. The van der Waals surface area contributed by atoms with Gasteiger partial charge in [-0.15, -0.1) is 0 Å². The Morgan fingerprint density at radius 2 is 1.24 bits per heavy atom. The van der Waals surface area contributed by atoms with Crippen LogP contribution in [0.4, 0.5) is 0 Å². The van der Waals surface area contributed by atoms with Crippen LogP contribution in [0.2, 0.25) is 0 Å². The van der Waals surface area contributed by atoms with Crippen LogP contribution in [-0.2, 0) is 5.66 Å². The first kappa shape index (κ1) is 22.3. The lowest BCUT2D eigenvalue weighted by atomic mass is 9.96. The number of hydrogen-bond donors (Lipinski definition) is 1. The lowest BCUT2D eigenvalue weighted by Gasteiger charge is -2.39. The number of halogens is 9. The van der Waals surface area contributed by atoms with Crippen LogP contribution in [-0.4, -0.2) is 23.0 Å². The molecule has 0 amide bonds. The van der Waals surface area contributed by atoms with Crippen LogP contribution in [0.5, 0.6) is 0 Å². The molecule has 0 bridgehead atoms. The molecule has 1 aromatic carbocycles. The van der Waals surface area contributed by atoms with E-state index in [2.05, 4.69) is 15.3 Å². The number of aryl methyl sites for hydroxylation is 1. The third kappa shape index (κ3) is 4.70. The predicted molar refractivity (Wildman–Crippen MR) is 112 cm³/mol. The highest BCUT2D eigenvalue weighted by atomic mass is 35.6. The van der Waals surface area contributed by atoms with Gasteiger partial charge in [0.15, 0.2) is 11.7 Å². The summed E-state index contributed by atoms with van der Waals surface area (Å²) in [5, 5.41) is 2.58. The second kappa shape index (κ2) is 7.42. The summed E-state index contributed by atoms with van der Waals surface area (Å²) in [6.45, 7) is 1.78. The first-order valence-electron chi connectivity index (χ1n) is 6.42. The number of aliphatic imine (C=N–C) groups is 2. The molecular formula is C13H8Cl9N3. The Morgan fingerprint density at radius 3 is 1.60 bits per heavy atom. The summed E-state index contributed by atoms with van der Waals surface area (Å²) in [6, 6.07) is 6.97. The molecule has 0 unspecified atom stereocenters. The van der Waals surface area contributed by atoms with E-state index in [-0.39, 0.29) is 11.7 Å². The molecule has 0 fully saturated rings. The summed E-state index contributed by atoms with van der Waals surface area (Å²) in [5.41, 5.74) is -0.683. The molecular weight excluding hydrogens is 517 g/mol. The zero-order valence-corrected chi connectivity index (χ0v) is 18.9. The molecule has 2 rings (SSSR count). The second-order valence-corrected chi connectivity index (χ2v) is 11.9. The SMILES string of the molecule is Cc1ccccc1C1(C(Cl)(Cl)Cl)N=C(C(Cl)(Cl)Cl)NC(C(Cl)(Cl)Cl)=N1. The van der Waals surface area contributed by atoms with Crippen LogP contribution in [0.1, 0.15) is 11.1 Å². The molecule has 0 radical (unpaired) electrons. The van der Waals surface area contributed by atoms with Crippen molar-refractivity contribution in [2.45, 2.75) is 24.0 Å². The molecule has 1 N–H and O–H groups in total. The van der Waals surface area contributed by atoms with Crippen molar-refractivity contribution < 1.29 is 0 Å². The van der Waals surface area contributed by atoms with E-state index in [1.807, 2.05) is 0 Å². The first-order chi connectivity index (χ1) is 11.2. The molecule has 1 aliphatic heterocycles. The zero-order chi connectivity index (χ0) is 19.3. The minimum atomic E-state index is -2.09. The average molecular weight is 525 g/mol. The third-order valence-corrected chi connectivity index (χ3v) is 5.10. The molecule has 138 valence electrons. The molecule has 25 heavy (non-hydrogen) atoms. The van der Waals surface area contributed by atoms with Crippen molar-refractivity contribution in [3.8, 4) is 0 Å². The van der Waals surface area contributed by atoms with Gasteiger partial charge >= 0.3 is 0 Å². The summed E-state index contributed by atoms with van der Waals surface area (Å²) >= 11 is 54.4. The number of nitrogens with one attached hydrogen (secondary N) is 1. The van der Waals surface area contributed by atoms with Crippen LogP contribution in [0, 0.1) is 6.92 Å². The van der Waals surface area contributed by atoms with Gasteiger partial charge in [0.25, 0.3) is 0 Å². The molecule has 1 aromatic rings. The minimum Gasteiger partial charge on any atom is -0.325 e. The highest BCUT2D eigenvalue weighted by Crippen LogP contribution is 2.52. The maximum Gasteiger partial charge on any atom is 0.247 e. The van der Waals surface area contributed by atoms with Crippen molar-refractivity contribution in [1.82, 2.24) is 5.32 Å². The van der Waals surface area contributed by atoms with Gasteiger partial charge in [0, 0.05) is 5.56 Å². The normalized spacial score (nSPS) is 18.3. The number of nitrogens with zero attached hydrogens (tertiary/aromatic N) is 2. The summed E-state index contributed by atoms with van der Waals surface area (Å²) in [4.78, 5) is 8.60. The lowest BCUT2D eigenvalue weighted by Crippen LogP contribution is -2.54. The van der Waals surface area contributed by atoms with E-state index in [1.54, 1.807) is 31.2 Å². The summed E-state index contributed by atoms with van der Waals surface area (Å²) in [5.74, 6) is -0.410. The van der Waals surface area contributed by atoms with E-state index in [4.69, 9.17) is 104 Å². The van der Waals surface area contributed by atoms with E-state index < -0.39 is 17.0 Å². The molecule has 12 heteroatoms. The van der Waals surface area contributed by atoms with E-state index in [0.29, 0.717) is 5.56 Å². The molecule has 0 saturated carbocycles. The Hall–Kier alpha value is 0.970. The second-order valence-electron chi connectivity index (χ2n) is 5.03. The van der Waals surface area contributed by atoms with Crippen LogP contribution < -0.4 is 5.32 Å². The fraction of sp³-hybridized carbons (Fsp3) is 0.385. The van der Waals surface area contributed by atoms with Crippen LogP contribution in [0.3, 0.4) is 0 Å². The van der Waals surface area contributed by atoms with E-state index in [1.165, 1.54) is 0 Å². The highest BCUT2D eigenvalue weighted by molar-refractivity contribution is 6.79. The van der Waals surface area contributed by atoms with Gasteiger partial charge in [0.2, 0.25) is 17.0 Å². The summed E-state index contributed by atoms with van der Waals surface area (Å²) < 4.78 is -6.12. The van der Waals surface area contributed by atoms with Gasteiger partial charge in [-0.25, -0.2) is 9.98 Å². The van der Waals surface area contributed by atoms with Gasteiger partial charge in [0.1, 0.15) is 0 Å². The van der Waals surface area contributed by atoms with Crippen LogP contribution in [0.25, 0.3) is 0 Å². The van der Waals surface area contributed by atoms with Gasteiger partial charge in [0.05, 0.1) is 0 Å². The topological polar surface area (TPSA) is 36.8 Å². The average Bonchev–Trinajstić information content (AvgIpc) is 2.44. The van der Waals surface area contributed by atoms with Gasteiger partial charge < -0.3 is 5.32 Å². The monoisotopic (exact) mass is 521 g/mol. The number of rotatable bonds is 1. The fourth-order valence-electron chi connectivity index (χ4n) is 2.15. The first-order valence-corrected chi connectivity index (χ1v) is 9.82. The Morgan fingerprint density at radius 1 is 0.800 bits per heavy atom. The van der Waals surface area contributed by atoms with Crippen molar-refractivity contribution in [2.75, 3.05) is 0 Å². The van der Waals surface area contributed by atoms with E-state index in [9.17, 15) is 0 Å². The molecule has 0 aromatic heterocycles. The molecule has 1 aliphatic rings. The summed E-state index contributed by atoms with van der Waals surface area (Å²) in [6.07, 6.45) is 0. The maximum absolute atomic E-state index is 6.24.